The minimum atomic E-state index is -4.39. The van der Waals surface area contributed by atoms with Crippen LogP contribution in [0.25, 0.3) is 11.0 Å². The number of benzene rings is 1. The first-order chi connectivity index (χ1) is 16.3. The van der Waals surface area contributed by atoms with E-state index in [4.69, 9.17) is 0 Å². The average molecular weight is 477 g/mol. The number of imidazole rings is 1. The molecule has 2 aromatic heterocycles. The highest BCUT2D eigenvalue weighted by Crippen LogP contribution is 2.29. The smallest absolute Gasteiger partial charge is 0.354 e. The van der Waals surface area contributed by atoms with Crippen molar-refractivity contribution in [1.82, 2.24) is 24.3 Å². The van der Waals surface area contributed by atoms with E-state index in [-0.39, 0.29) is 18.1 Å². The van der Waals surface area contributed by atoms with Crippen LogP contribution in [0.1, 0.15) is 12.5 Å². The second-order valence-corrected chi connectivity index (χ2v) is 8.18. The van der Waals surface area contributed by atoms with Gasteiger partial charge in [-0.3, -0.25) is 18.8 Å². The van der Waals surface area contributed by atoms with E-state index in [0.717, 1.165) is 23.3 Å². The molecule has 1 fully saturated rings. The van der Waals surface area contributed by atoms with Crippen molar-refractivity contribution in [2.75, 3.05) is 44.2 Å². The van der Waals surface area contributed by atoms with Gasteiger partial charge < -0.3 is 10.2 Å². The molecule has 0 atom stereocenters. The van der Waals surface area contributed by atoms with Gasteiger partial charge in [-0.15, -0.1) is 0 Å². The van der Waals surface area contributed by atoms with Gasteiger partial charge in [0.2, 0.25) is 5.91 Å². The quantitative estimate of drug-likeness (QED) is 0.566. The summed E-state index contributed by atoms with van der Waals surface area (Å²) in [7, 11) is 0. The number of aromatic nitrogens is 3. The minimum Gasteiger partial charge on any atom is -0.354 e. The van der Waals surface area contributed by atoms with Crippen molar-refractivity contribution < 1.29 is 18.0 Å². The van der Waals surface area contributed by atoms with Crippen LogP contribution >= 0.6 is 0 Å². The van der Waals surface area contributed by atoms with Crippen LogP contribution < -0.4 is 15.9 Å². The third-order valence-electron chi connectivity index (χ3n) is 6.06. The third-order valence-corrected chi connectivity index (χ3v) is 6.06. The maximum Gasteiger partial charge on any atom is 0.417 e. The fraction of sp³-hybridized carbons (Fsp3) is 0.435. The van der Waals surface area contributed by atoms with Crippen LogP contribution in [0.3, 0.4) is 0 Å². The number of para-hydroxylation sites is 2. The Morgan fingerprint density at radius 1 is 1.03 bits per heavy atom. The molecule has 8 nitrogen and oxygen atoms in total. The maximum atomic E-state index is 12.7. The summed E-state index contributed by atoms with van der Waals surface area (Å²) in [5, 5.41) is 2.88. The minimum absolute atomic E-state index is 0.0419. The van der Waals surface area contributed by atoms with Gasteiger partial charge in [0.25, 0.3) is 0 Å². The first kappa shape index (κ1) is 23.8. The predicted octanol–water partition coefficient (Wildman–Crippen LogP) is 2.18. The van der Waals surface area contributed by atoms with Crippen molar-refractivity contribution in [2.45, 2.75) is 26.2 Å². The Kier molecular flexibility index (Phi) is 6.92. The first-order valence-corrected chi connectivity index (χ1v) is 11.2. The Morgan fingerprint density at radius 3 is 2.29 bits per heavy atom. The number of hydrogen-bond acceptors (Lipinski definition) is 5. The van der Waals surface area contributed by atoms with Gasteiger partial charge in [0, 0.05) is 52.0 Å². The van der Waals surface area contributed by atoms with Crippen LogP contribution in [0.2, 0.25) is 0 Å². The summed E-state index contributed by atoms with van der Waals surface area (Å²) < 4.78 is 41.3. The number of pyridine rings is 1. The SMILES string of the molecule is CCn1c(=O)n(CC(=O)NCCN2CCN(c3ccc(C(F)(F)F)cn3)CC2)c2ccccc21. The van der Waals surface area contributed by atoms with Gasteiger partial charge in [-0.1, -0.05) is 12.1 Å². The number of rotatable bonds is 7. The topological polar surface area (TPSA) is 75.4 Å². The fourth-order valence-corrected chi connectivity index (χ4v) is 4.23. The summed E-state index contributed by atoms with van der Waals surface area (Å²) in [6.07, 6.45) is -3.53. The van der Waals surface area contributed by atoms with Crippen LogP contribution in [0, 0.1) is 0 Å². The Bertz CT molecular complexity index is 1190. The maximum absolute atomic E-state index is 12.7. The van der Waals surface area contributed by atoms with Gasteiger partial charge in [-0.05, 0) is 31.2 Å². The Balaban J connectivity index is 1.25. The molecule has 1 aromatic carbocycles. The van der Waals surface area contributed by atoms with E-state index >= 15 is 0 Å². The molecule has 0 bridgehead atoms. The molecule has 0 spiro atoms. The molecular weight excluding hydrogens is 449 g/mol. The van der Waals surface area contributed by atoms with Crippen molar-refractivity contribution in [1.29, 1.82) is 0 Å². The van der Waals surface area contributed by atoms with Gasteiger partial charge in [0.05, 0.1) is 16.6 Å². The molecule has 34 heavy (non-hydrogen) atoms. The lowest BCUT2D eigenvalue weighted by atomic mass is 10.2. The normalized spacial score (nSPS) is 15.1. The Labute approximate surface area is 194 Å². The largest absolute Gasteiger partial charge is 0.417 e. The average Bonchev–Trinajstić information content (AvgIpc) is 3.09. The van der Waals surface area contributed by atoms with Gasteiger partial charge >= 0.3 is 11.9 Å². The molecule has 0 saturated carbocycles. The van der Waals surface area contributed by atoms with Crippen LogP contribution in [0.5, 0.6) is 0 Å². The van der Waals surface area contributed by atoms with Crippen molar-refractivity contribution >= 4 is 22.8 Å². The molecule has 1 aliphatic heterocycles. The monoisotopic (exact) mass is 476 g/mol. The molecule has 1 aliphatic rings. The van der Waals surface area contributed by atoms with E-state index in [0.29, 0.717) is 51.6 Å². The van der Waals surface area contributed by atoms with E-state index in [1.54, 1.807) is 4.57 Å². The number of alkyl halides is 3. The van der Waals surface area contributed by atoms with E-state index in [9.17, 15) is 22.8 Å². The highest BCUT2D eigenvalue weighted by atomic mass is 19.4. The highest BCUT2D eigenvalue weighted by molar-refractivity contribution is 5.80. The molecule has 1 N–H and O–H groups in total. The van der Waals surface area contributed by atoms with Crippen LogP contribution in [0.4, 0.5) is 19.0 Å². The van der Waals surface area contributed by atoms with Gasteiger partial charge in [0.15, 0.2) is 0 Å². The zero-order chi connectivity index (χ0) is 24.3. The van der Waals surface area contributed by atoms with Crippen LogP contribution in [-0.2, 0) is 24.1 Å². The zero-order valence-corrected chi connectivity index (χ0v) is 18.9. The summed E-state index contributed by atoms with van der Waals surface area (Å²) in [6.45, 7) is 6.16. The number of halogens is 3. The van der Waals surface area contributed by atoms with E-state index in [1.165, 1.54) is 10.6 Å². The summed E-state index contributed by atoms with van der Waals surface area (Å²) in [4.78, 5) is 33.2. The number of carbonyl (C=O) groups is 1. The number of nitrogens with zero attached hydrogens (tertiary/aromatic N) is 5. The van der Waals surface area contributed by atoms with E-state index < -0.39 is 11.7 Å². The van der Waals surface area contributed by atoms with Gasteiger partial charge in [0.1, 0.15) is 12.4 Å². The second kappa shape index (κ2) is 9.88. The Hall–Kier alpha value is -3.34. The predicted molar refractivity (Wildman–Crippen MR) is 123 cm³/mol. The lowest BCUT2D eigenvalue weighted by Crippen LogP contribution is -2.49. The molecule has 0 aliphatic carbocycles. The van der Waals surface area contributed by atoms with Crippen molar-refractivity contribution in [3.63, 3.8) is 0 Å². The first-order valence-electron chi connectivity index (χ1n) is 11.2. The Morgan fingerprint density at radius 2 is 1.71 bits per heavy atom. The number of hydrogen-bond donors (Lipinski definition) is 1. The number of carbonyl (C=O) groups excluding carboxylic acids is 1. The van der Waals surface area contributed by atoms with Gasteiger partial charge in [-0.2, -0.15) is 13.2 Å². The lowest BCUT2D eigenvalue weighted by Gasteiger charge is -2.35. The number of nitrogens with one attached hydrogen (secondary N) is 1. The summed E-state index contributed by atoms with van der Waals surface area (Å²) in [5.74, 6) is 0.298. The summed E-state index contributed by atoms with van der Waals surface area (Å²) in [5.41, 5.74) is 0.583. The molecule has 3 heterocycles. The standard InChI is InChI=1S/C23H27F3N6O2/c1-2-31-18-5-3-4-6-19(18)32(22(31)34)16-21(33)27-9-10-29-11-13-30(14-12-29)20-8-7-17(15-28-20)23(24,25)26/h3-8,15H,2,9-14,16H2,1H3,(H,27,33). The molecule has 1 saturated heterocycles. The number of piperazine rings is 1. The molecule has 182 valence electrons. The molecule has 3 aromatic rings. The molecule has 1 amide bonds. The van der Waals surface area contributed by atoms with Gasteiger partial charge in [-0.25, -0.2) is 9.78 Å². The zero-order valence-electron chi connectivity index (χ0n) is 18.9. The van der Waals surface area contributed by atoms with Crippen molar-refractivity contribution in [3.8, 4) is 0 Å². The van der Waals surface area contributed by atoms with E-state index in [2.05, 4.69) is 15.2 Å². The number of amides is 1. The molecule has 4 rings (SSSR count). The lowest BCUT2D eigenvalue weighted by molar-refractivity contribution is -0.137. The fourth-order valence-electron chi connectivity index (χ4n) is 4.23. The highest BCUT2D eigenvalue weighted by Gasteiger charge is 2.31. The molecule has 0 unspecified atom stereocenters. The molecule has 11 heteroatoms. The van der Waals surface area contributed by atoms with Crippen LogP contribution in [-0.4, -0.2) is 64.2 Å². The number of aryl methyl sites for hydroxylation is 1. The second-order valence-electron chi connectivity index (χ2n) is 8.18. The van der Waals surface area contributed by atoms with Crippen molar-refractivity contribution in [2.24, 2.45) is 0 Å². The molecule has 0 radical (unpaired) electrons. The summed E-state index contributed by atoms with van der Waals surface area (Å²) >= 11 is 0. The van der Waals surface area contributed by atoms with E-state index in [1.807, 2.05) is 36.1 Å². The third kappa shape index (κ3) is 5.09. The van der Waals surface area contributed by atoms with Crippen LogP contribution in [0.15, 0.2) is 47.4 Å². The summed E-state index contributed by atoms with van der Waals surface area (Å²) in [6, 6.07) is 9.86. The number of anilines is 1. The molecular formula is C23H27F3N6O2. The van der Waals surface area contributed by atoms with Crippen molar-refractivity contribution in [3.05, 3.63) is 58.6 Å². The number of fused-ring (bicyclic) bond motifs is 1.